The van der Waals surface area contributed by atoms with Gasteiger partial charge in [-0.2, -0.15) is 0 Å². The van der Waals surface area contributed by atoms with Gasteiger partial charge in [-0.05, 0) is 36.5 Å². The lowest BCUT2D eigenvalue weighted by molar-refractivity contribution is -0.137. The molecule has 0 spiro atoms. The van der Waals surface area contributed by atoms with E-state index in [1.54, 1.807) is 0 Å². The maximum absolute atomic E-state index is 12.5. The normalized spacial score (nSPS) is 15.3. The molecular weight excluding hydrogens is 294 g/mol. The fraction of sp³-hybridized carbons (Fsp3) is 0.556. The summed E-state index contributed by atoms with van der Waals surface area (Å²) in [5, 5.41) is 8.96. The van der Waals surface area contributed by atoms with Gasteiger partial charge in [0.15, 0.2) is 0 Å². The van der Waals surface area contributed by atoms with Crippen molar-refractivity contribution < 1.29 is 19.4 Å². The van der Waals surface area contributed by atoms with Gasteiger partial charge in [-0.25, -0.2) is 0 Å². The highest BCUT2D eigenvalue weighted by Crippen LogP contribution is 2.32. The lowest BCUT2D eigenvalue weighted by atomic mass is 9.84. The zero-order valence-electron chi connectivity index (χ0n) is 13.7. The number of ether oxygens (including phenoxy) is 1. The number of benzene rings is 1. The second-order valence-corrected chi connectivity index (χ2v) is 6.07. The number of methoxy groups -OCH3 is 1. The Hall–Kier alpha value is -1.88. The molecule has 0 saturated heterocycles. The second-order valence-electron chi connectivity index (χ2n) is 6.07. The van der Waals surface area contributed by atoms with E-state index in [9.17, 15) is 9.59 Å². The molecule has 5 heteroatoms. The Bertz CT molecular complexity index is 520. The Morgan fingerprint density at radius 1 is 1.17 bits per heavy atom. The summed E-state index contributed by atoms with van der Waals surface area (Å²) in [5.41, 5.74) is 1.81. The molecule has 0 aromatic heterocycles. The summed E-state index contributed by atoms with van der Waals surface area (Å²) in [6, 6.07) is 7.65. The molecule has 1 fully saturated rings. The molecule has 23 heavy (non-hydrogen) atoms. The summed E-state index contributed by atoms with van der Waals surface area (Å²) in [6.45, 7) is 0.276. The summed E-state index contributed by atoms with van der Waals surface area (Å²) < 4.78 is 4.95. The van der Waals surface area contributed by atoms with Gasteiger partial charge in [-0.1, -0.05) is 31.4 Å². The van der Waals surface area contributed by atoms with Crippen molar-refractivity contribution in [3.8, 4) is 0 Å². The van der Waals surface area contributed by atoms with Gasteiger partial charge >= 0.3 is 5.97 Å². The van der Waals surface area contributed by atoms with Crippen molar-refractivity contribution in [2.24, 2.45) is 0 Å². The quantitative estimate of drug-likeness (QED) is 0.839. The van der Waals surface area contributed by atoms with Crippen LogP contribution in [0, 0.1) is 0 Å². The van der Waals surface area contributed by atoms with Crippen molar-refractivity contribution >= 4 is 11.9 Å². The smallest absolute Gasteiger partial charge is 0.323 e. The zero-order valence-corrected chi connectivity index (χ0v) is 13.7. The average molecular weight is 319 g/mol. The Labute approximate surface area is 137 Å². The number of aliphatic carboxylic acids is 1. The maximum atomic E-state index is 12.5. The molecule has 1 saturated carbocycles. The van der Waals surface area contributed by atoms with Crippen LogP contribution in [0.5, 0.6) is 0 Å². The highest BCUT2D eigenvalue weighted by atomic mass is 16.5. The topological polar surface area (TPSA) is 66.8 Å². The minimum absolute atomic E-state index is 0.264. The van der Waals surface area contributed by atoms with Crippen LogP contribution in [0.25, 0.3) is 0 Å². The fourth-order valence-corrected chi connectivity index (χ4v) is 3.13. The highest BCUT2D eigenvalue weighted by Gasteiger charge is 2.20. The van der Waals surface area contributed by atoms with E-state index in [1.165, 1.54) is 49.7 Å². The van der Waals surface area contributed by atoms with Gasteiger partial charge in [0, 0.05) is 19.2 Å². The van der Waals surface area contributed by atoms with Gasteiger partial charge in [0.1, 0.15) is 6.54 Å². The van der Waals surface area contributed by atoms with Crippen LogP contribution in [0.4, 0.5) is 0 Å². The number of nitrogens with zero attached hydrogens (tertiary/aromatic N) is 1. The number of hydrogen-bond donors (Lipinski definition) is 1. The molecule has 126 valence electrons. The summed E-state index contributed by atoms with van der Waals surface area (Å²) in [4.78, 5) is 24.7. The van der Waals surface area contributed by atoms with Crippen LogP contribution in [0.2, 0.25) is 0 Å². The molecule has 1 aliphatic carbocycles. The predicted molar refractivity (Wildman–Crippen MR) is 87.7 cm³/mol. The predicted octanol–water partition coefficient (Wildman–Crippen LogP) is 2.91. The largest absolute Gasteiger partial charge is 0.480 e. The summed E-state index contributed by atoms with van der Waals surface area (Å²) >= 11 is 0. The van der Waals surface area contributed by atoms with Gasteiger partial charge in [0.25, 0.3) is 5.91 Å². The first-order chi connectivity index (χ1) is 11.1. The highest BCUT2D eigenvalue weighted by molar-refractivity contribution is 5.95. The van der Waals surface area contributed by atoms with Crippen LogP contribution in [-0.2, 0) is 9.53 Å². The third-order valence-corrected chi connectivity index (χ3v) is 4.41. The third kappa shape index (κ3) is 5.06. The first-order valence-electron chi connectivity index (χ1n) is 8.21. The van der Waals surface area contributed by atoms with Crippen molar-refractivity contribution in [3.63, 3.8) is 0 Å². The number of amides is 1. The molecule has 1 aromatic rings. The molecule has 0 unspecified atom stereocenters. The SMILES string of the molecule is COCCN(CC(=O)O)C(=O)c1ccc(C2CCCCC2)cc1. The Morgan fingerprint density at radius 2 is 1.83 bits per heavy atom. The molecule has 0 atom stereocenters. The molecule has 0 aliphatic heterocycles. The van der Waals surface area contributed by atoms with Crippen molar-refractivity contribution in [1.29, 1.82) is 0 Å². The van der Waals surface area contributed by atoms with Gasteiger partial charge in [-0.15, -0.1) is 0 Å². The molecule has 1 amide bonds. The molecule has 0 bridgehead atoms. The minimum atomic E-state index is -1.02. The van der Waals surface area contributed by atoms with E-state index < -0.39 is 5.97 Å². The van der Waals surface area contributed by atoms with Crippen LogP contribution < -0.4 is 0 Å². The number of carboxylic acid groups (broad SMARTS) is 1. The molecule has 2 rings (SSSR count). The standard InChI is InChI=1S/C18H25NO4/c1-23-12-11-19(13-17(20)21)18(22)16-9-7-15(8-10-16)14-5-3-2-4-6-14/h7-10,14H,2-6,11-13H2,1H3,(H,20,21). The second kappa shape index (κ2) is 8.67. The number of carbonyl (C=O) groups is 2. The molecule has 1 N–H and O–H groups in total. The maximum Gasteiger partial charge on any atom is 0.323 e. The Morgan fingerprint density at radius 3 is 2.39 bits per heavy atom. The number of carboxylic acids is 1. The third-order valence-electron chi connectivity index (χ3n) is 4.41. The van der Waals surface area contributed by atoms with Gasteiger partial charge < -0.3 is 14.7 Å². The van der Waals surface area contributed by atoms with Crippen LogP contribution in [0.15, 0.2) is 24.3 Å². The molecule has 1 aliphatic rings. The van der Waals surface area contributed by atoms with E-state index in [2.05, 4.69) is 0 Å². The zero-order chi connectivity index (χ0) is 16.7. The molecular formula is C18H25NO4. The number of hydrogen-bond acceptors (Lipinski definition) is 3. The van der Waals surface area contributed by atoms with Crippen LogP contribution in [0.1, 0.15) is 53.9 Å². The monoisotopic (exact) mass is 319 g/mol. The van der Waals surface area contributed by atoms with Gasteiger partial charge in [-0.3, -0.25) is 9.59 Å². The van der Waals surface area contributed by atoms with Gasteiger partial charge in [0.05, 0.1) is 6.61 Å². The summed E-state index contributed by atoms with van der Waals surface area (Å²) in [7, 11) is 1.53. The Kier molecular flexibility index (Phi) is 6.59. The van der Waals surface area contributed by atoms with Crippen LogP contribution in [0.3, 0.4) is 0 Å². The summed E-state index contributed by atoms with van der Waals surface area (Å²) in [5.74, 6) is -0.690. The van der Waals surface area contributed by atoms with Crippen molar-refractivity contribution in [2.75, 3.05) is 26.8 Å². The first kappa shape index (κ1) is 17.5. The van der Waals surface area contributed by atoms with E-state index in [-0.39, 0.29) is 19.0 Å². The Balaban J connectivity index is 2.05. The van der Waals surface area contributed by atoms with E-state index in [0.29, 0.717) is 18.1 Å². The molecule has 1 aromatic carbocycles. The van der Waals surface area contributed by atoms with Crippen molar-refractivity contribution in [3.05, 3.63) is 35.4 Å². The number of carbonyl (C=O) groups excluding carboxylic acids is 1. The van der Waals surface area contributed by atoms with E-state index in [4.69, 9.17) is 9.84 Å². The average Bonchev–Trinajstić information content (AvgIpc) is 2.58. The van der Waals surface area contributed by atoms with Gasteiger partial charge in [0.2, 0.25) is 0 Å². The molecule has 5 nitrogen and oxygen atoms in total. The van der Waals surface area contributed by atoms with Crippen molar-refractivity contribution in [1.82, 2.24) is 4.90 Å². The van der Waals surface area contributed by atoms with Crippen molar-refractivity contribution in [2.45, 2.75) is 38.0 Å². The first-order valence-corrected chi connectivity index (χ1v) is 8.21. The fourth-order valence-electron chi connectivity index (χ4n) is 3.13. The lowest BCUT2D eigenvalue weighted by Gasteiger charge is -2.23. The lowest BCUT2D eigenvalue weighted by Crippen LogP contribution is -2.38. The van der Waals surface area contributed by atoms with Crippen LogP contribution >= 0.6 is 0 Å². The molecule has 0 radical (unpaired) electrons. The van der Waals surface area contributed by atoms with Crippen LogP contribution in [-0.4, -0.2) is 48.7 Å². The minimum Gasteiger partial charge on any atom is -0.480 e. The van der Waals surface area contributed by atoms with E-state index >= 15 is 0 Å². The number of rotatable bonds is 7. The molecule has 0 heterocycles. The van der Waals surface area contributed by atoms with E-state index in [1.807, 2.05) is 24.3 Å². The summed E-state index contributed by atoms with van der Waals surface area (Å²) in [6.07, 6.45) is 6.29. The van der Waals surface area contributed by atoms with E-state index in [0.717, 1.165) is 0 Å².